The summed E-state index contributed by atoms with van der Waals surface area (Å²) in [6.07, 6.45) is 6.78. The normalized spacial score (nSPS) is 17.0. The minimum atomic E-state index is -0.518. The van der Waals surface area contributed by atoms with Gasteiger partial charge in [-0.1, -0.05) is 0 Å². The first-order chi connectivity index (χ1) is 14.7. The molecule has 164 valence electrons. The van der Waals surface area contributed by atoms with Gasteiger partial charge < -0.3 is 20.7 Å². The molecule has 0 spiro atoms. The van der Waals surface area contributed by atoms with Crippen molar-refractivity contribution >= 4 is 23.1 Å². The van der Waals surface area contributed by atoms with Crippen molar-refractivity contribution < 1.29 is 9.53 Å². The van der Waals surface area contributed by atoms with E-state index < -0.39 is 5.60 Å². The summed E-state index contributed by atoms with van der Waals surface area (Å²) in [6, 6.07) is 4.08. The second-order valence-electron chi connectivity index (χ2n) is 9.00. The average molecular weight is 424 g/mol. The number of piperidine rings is 1. The molecule has 1 aliphatic rings. The van der Waals surface area contributed by atoms with E-state index in [1.807, 2.05) is 40.0 Å². The largest absolute Gasteiger partial charge is 0.444 e. The summed E-state index contributed by atoms with van der Waals surface area (Å²) in [5, 5.41) is 7.80. The number of rotatable bonds is 3. The minimum absolute atomic E-state index is 0.0254. The Labute approximate surface area is 181 Å². The molecule has 3 aromatic heterocycles. The molecule has 1 fully saturated rings. The third-order valence-electron chi connectivity index (χ3n) is 5.15. The number of nitrogens with zero attached hydrogens (tertiary/aromatic N) is 5. The Morgan fingerprint density at radius 1 is 1.32 bits per heavy atom. The van der Waals surface area contributed by atoms with Gasteiger partial charge in [0.05, 0.1) is 29.2 Å². The first-order valence-corrected chi connectivity index (χ1v) is 10.5. The molecule has 3 N–H and O–H groups in total. The average Bonchev–Trinajstić information content (AvgIpc) is 3.11. The lowest BCUT2D eigenvalue weighted by Crippen LogP contribution is -2.47. The summed E-state index contributed by atoms with van der Waals surface area (Å²) >= 11 is 0. The number of ether oxygens (including phenoxy) is 1. The molecule has 31 heavy (non-hydrogen) atoms. The van der Waals surface area contributed by atoms with Crippen molar-refractivity contribution in [2.75, 3.05) is 24.1 Å². The summed E-state index contributed by atoms with van der Waals surface area (Å²) in [7, 11) is 0. The van der Waals surface area contributed by atoms with Crippen LogP contribution in [0, 0.1) is 6.92 Å². The van der Waals surface area contributed by atoms with Crippen LogP contribution >= 0.6 is 0 Å². The predicted octanol–water partition coefficient (Wildman–Crippen LogP) is 3.49. The van der Waals surface area contributed by atoms with Crippen LogP contribution in [0.15, 0.2) is 30.7 Å². The van der Waals surface area contributed by atoms with Gasteiger partial charge in [0.2, 0.25) is 0 Å². The number of likely N-dealkylation sites (tertiary alicyclic amines) is 1. The number of aryl methyl sites for hydroxylation is 1. The smallest absolute Gasteiger partial charge is 0.410 e. The number of nitrogen functional groups attached to an aromatic ring is 1. The molecule has 0 aliphatic carbocycles. The zero-order valence-corrected chi connectivity index (χ0v) is 18.4. The van der Waals surface area contributed by atoms with Crippen LogP contribution in [0.4, 0.5) is 16.3 Å². The van der Waals surface area contributed by atoms with Crippen LogP contribution in [0.2, 0.25) is 0 Å². The lowest BCUT2D eigenvalue weighted by Gasteiger charge is -2.34. The number of anilines is 2. The molecule has 0 unspecified atom stereocenters. The van der Waals surface area contributed by atoms with Crippen molar-refractivity contribution in [1.82, 2.24) is 24.5 Å². The lowest BCUT2D eigenvalue weighted by molar-refractivity contribution is 0.0206. The number of nitrogens with two attached hydrogens (primary N) is 1. The number of hydrogen-bond donors (Lipinski definition) is 2. The maximum absolute atomic E-state index is 12.5. The molecule has 4 heterocycles. The second kappa shape index (κ2) is 8.05. The van der Waals surface area contributed by atoms with E-state index in [0.29, 0.717) is 30.4 Å². The predicted molar refractivity (Wildman–Crippen MR) is 120 cm³/mol. The van der Waals surface area contributed by atoms with E-state index in [2.05, 4.69) is 26.4 Å². The number of amides is 1. The van der Waals surface area contributed by atoms with Crippen molar-refractivity contribution in [2.24, 2.45) is 0 Å². The number of carbonyl (C=O) groups excluding carboxylic acids is 1. The van der Waals surface area contributed by atoms with Gasteiger partial charge in [0.1, 0.15) is 5.60 Å². The van der Waals surface area contributed by atoms with Gasteiger partial charge in [0, 0.05) is 25.3 Å². The zero-order chi connectivity index (χ0) is 22.2. The van der Waals surface area contributed by atoms with Crippen molar-refractivity contribution in [2.45, 2.75) is 52.2 Å². The molecule has 1 amide bonds. The first-order valence-electron chi connectivity index (χ1n) is 10.5. The van der Waals surface area contributed by atoms with Crippen molar-refractivity contribution in [3.8, 4) is 11.4 Å². The quantitative estimate of drug-likeness (QED) is 0.663. The van der Waals surface area contributed by atoms with Crippen molar-refractivity contribution in [1.29, 1.82) is 0 Å². The Morgan fingerprint density at radius 2 is 2.13 bits per heavy atom. The highest BCUT2D eigenvalue weighted by molar-refractivity contribution is 5.78. The van der Waals surface area contributed by atoms with Crippen LogP contribution in [-0.4, -0.2) is 55.3 Å². The number of aromatic nitrogens is 4. The van der Waals surface area contributed by atoms with Crippen LogP contribution in [0.25, 0.3) is 16.9 Å². The third kappa shape index (κ3) is 4.70. The fraction of sp³-hybridized carbons (Fsp3) is 0.455. The van der Waals surface area contributed by atoms with Gasteiger partial charge in [-0.05, 0) is 58.2 Å². The van der Waals surface area contributed by atoms with E-state index >= 15 is 0 Å². The molecule has 1 saturated heterocycles. The highest BCUT2D eigenvalue weighted by Gasteiger charge is 2.28. The minimum Gasteiger partial charge on any atom is -0.444 e. The Morgan fingerprint density at radius 3 is 2.90 bits per heavy atom. The SMILES string of the molecule is Cc1ccn2ncc(-c3ncc(N)c(N[C@H]4CCCN(C(=O)OC(C)(C)C)C4)n3)c2c1. The topological polar surface area (TPSA) is 111 Å². The fourth-order valence-corrected chi connectivity index (χ4v) is 3.68. The third-order valence-corrected chi connectivity index (χ3v) is 5.15. The van der Waals surface area contributed by atoms with E-state index in [1.54, 1.807) is 21.8 Å². The van der Waals surface area contributed by atoms with Crippen molar-refractivity contribution in [3.63, 3.8) is 0 Å². The molecule has 0 radical (unpaired) electrons. The first kappa shape index (κ1) is 20.9. The number of carbonyl (C=O) groups is 1. The van der Waals surface area contributed by atoms with Crippen LogP contribution < -0.4 is 11.1 Å². The summed E-state index contributed by atoms with van der Waals surface area (Å²) in [5.41, 5.74) is 9.01. The van der Waals surface area contributed by atoms with E-state index in [-0.39, 0.29) is 12.1 Å². The molecule has 0 saturated carbocycles. The Balaban J connectivity index is 1.54. The van der Waals surface area contributed by atoms with Crippen LogP contribution in [0.5, 0.6) is 0 Å². The maximum Gasteiger partial charge on any atom is 0.410 e. The number of hydrogen-bond acceptors (Lipinski definition) is 7. The van der Waals surface area contributed by atoms with Gasteiger partial charge in [-0.25, -0.2) is 19.3 Å². The molecule has 9 nitrogen and oxygen atoms in total. The standard InChI is InChI=1S/C22H29N7O2/c1-14-7-9-29-18(10-14)16(11-25-29)19-24-12-17(23)20(27-19)26-15-6-5-8-28(13-15)21(30)31-22(2,3)4/h7,9-12,15H,5-6,8,13,23H2,1-4H3,(H,24,26,27)/t15-/m0/s1. The summed E-state index contributed by atoms with van der Waals surface area (Å²) in [5.74, 6) is 1.12. The summed E-state index contributed by atoms with van der Waals surface area (Å²) in [6.45, 7) is 8.86. The fourth-order valence-electron chi connectivity index (χ4n) is 3.68. The van der Waals surface area contributed by atoms with Gasteiger partial charge in [-0.2, -0.15) is 5.10 Å². The van der Waals surface area contributed by atoms with Crippen molar-refractivity contribution in [3.05, 3.63) is 36.3 Å². The molecular weight excluding hydrogens is 394 g/mol. The Kier molecular flexibility index (Phi) is 5.43. The molecule has 0 bridgehead atoms. The lowest BCUT2D eigenvalue weighted by atomic mass is 10.1. The molecular formula is C22H29N7O2. The summed E-state index contributed by atoms with van der Waals surface area (Å²) in [4.78, 5) is 23.3. The summed E-state index contributed by atoms with van der Waals surface area (Å²) < 4.78 is 7.32. The van der Waals surface area contributed by atoms with E-state index in [1.165, 1.54) is 0 Å². The molecule has 0 aromatic carbocycles. The number of pyridine rings is 1. The molecule has 1 atom stereocenters. The van der Waals surface area contributed by atoms with Gasteiger partial charge in [0.15, 0.2) is 11.6 Å². The maximum atomic E-state index is 12.5. The van der Waals surface area contributed by atoms with Crippen LogP contribution in [-0.2, 0) is 4.74 Å². The van der Waals surface area contributed by atoms with E-state index in [9.17, 15) is 4.79 Å². The Bertz CT molecular complexity index is 1100. The monoisotopic (exact) mass is 423 g/mol. The zero-order valence-electron chi connectivity index (χ0n) is 18.4. The van der Waals surface area contributed by atoms with Gasteiger partial charge in [-0.3, -0.25) is 0 Å². The van der Waals surface area contributed by atoms with Crippen LogP contribution in [0.3, 0.4) is 0 Å². The Hall–Kier alpha value is -3.36. The molecule has 4 rings (SSSR count). The van der Waals surface area contributed by atoms with Crippen LogP contribution in [0.1, 0.15) is 39.2 Å². The molecule has 9 heteroatoms. The van der Waals surface area contributed by atoms with Gasteiger partial charge in [-0.15, -0.1) is 0 Å². The molecule has 1 aliphatic heterocycles. The van der Waals surface area contributed by atoms with E-state index in [0.717, 1.165) is 29.5 Å². The molecule has 3 aromatic rings. The van der Waals surface area contributed by atoms with Gasteiger partial charge >= 0.3 is 6.09 Å². The number of fused-ring (bicyclic) bond motifs is 1. The number of nitrogens with one attached hydrogen (secondary N) is 1. The second-order valence-corrected chi connectivity index (χ2v) is 9.00. The van der Waals surface area contributed by atoms with Gasteiger partial charge in [0.25, 0.3) is 0 Å². The highest BCUT2D eigenvalue weighted by Crippen LogP contribution is 2.26. The van der Waals surface area contributed by atoms with E-state index in [4.69, 9.17) is 10.5 Å². The highest BCUT2D eigenvalue weighted by atomic mass is 16.6.